The molecule has 3 rings (SSSR count). The van der Waals surface area contributed by atoms with Crippen molar-refractivity contribution in [2.45, 2.75) is 72.3 Å². The van der Waals surface area contributed by atoms with E-state index in [1.54, 1.807) is 9.47 Å². The zero-order chi connectivity index (χ0) is 26.2. The third-order valence-electron chi connectivity index (χ3n) is 7.02. The third-order valence-corrected chi connectivity index (χ3v) is 8.40. The van der Waals surface area contributed by atoms with Gasteiger partial charge in [-0.1, -0.05) is 69.9 Å². The number of thioether (sulfide) groups is 1. The minimum absolute atomic E-state index is 0.0750. The molecule has 2 saturated heterocycles. The van der Waals surface area contributed by atoms with Crippen LogP contribution in [0.15, 0.2) is 9.70 Å². The largest absolute Gasteiger partial charge is 0.355 e. The molecule has 0 aromatic carbocycles. The van der Waals surface area contributed by atoms with Gasteiger partial charge in [0.1, 0.15) is 21.8 Å². The maximum atomic E-state index is 13.4. The van der Waals surface area contributed by atoms with Crippen molar-refractivity contribution in [2.75, 3.05) is 44.7 Å². The van der Waals surface area contributed by atoms with Crippen molar-refractivity contribution in [3.8, 4) is 6.07 Å². The van der Waals surface area contributed by atoms with Crippen LogP contribution in [-0.2, 0) is 11.3 Å². The number of thiocarbonyl (C=S) groups is 1. The summed E-state index contributed by atoms with van der Waals surface area (Å²) in [6.45, 7) is 10.6. The van der Waals surface area contributed by atoms with Gasteiger partial charge in [-0.05, 0) is 38.5 Å². The number of amides is 1. The number of hydrogen-bond acceptors (Lipinski definition) is 7. The van der Waals surface area contributed by atoms with Crippen LogP contribution < -0.4 is 10.5 Å². The van der Waals surface area contributed by atoms with Gasteiger partial charge in [-0.15, -0.1) is 0 Å². The monoisotopic (exact) mass is 529 g/mol. The van der Waals surface area contributed by atoms with Gasteiger partial charge >= 0.3 is 0 Å². The SMILES string of the molecule is CCCCCCCN1C(=O)C(=Cc2c(C)c(C#N)c(=O)n(CCCC)c2N2CCN(C)CC2)SC1=S. The molecule has 9 heteroatoms. The number of aromatic nitrogens is 1. The fraction of sp³-hybridized carbons (Fsp3) is 0.630. The summed E-state index contributed by atoms with van der Waals surface area (Å²) >= 11 is 6.89. The molecule has 0 N–H and O–H groups in total. The maximum Gasteiger partial charge on any atom is 0.270 e. The zero-order valence-electron chi connectivity index (χ0n) is 22.1. The van der Waals surface area contributed by atoms with E-state index in [2.05, 4.69) is 36.8 Å². The number of nitriles is 1. The quantitative estimate of drug-likeness (QED) is 0.233. The third kappa shape index (κ3) is 6.39. The van der Waals surface area contributed by atoms with Gasteiger partial charge < -0.3 is 9.80 Å². The van der Waals surface area contributed by atoms with Crippen LogP contribution in [-0.4, -0.2) is 64.4 Å². The highest BCUT2D eigenvalue weighted by molar-refractivity contribution is 8.26. The lowest BCUT2D eigenvalue weighted by molar-refractivity contribution is -0.122. The number of pyridine rings is 1. The van der Waals surface area contributed by atoms with Crippen molar-refractivity contribution < 1.29 is 4.79 Å². The molecule has 7 nitrogen and oxygen atoms in total. The summed E-state index contributed by atoms with van der Waals surface area (Å²) in [7, 11) is 2.10. The predicted octanol–water partition coefficient (Wildman–Crippen LogP) is 4.75. The molecule has 0 unspecified atom stereocenters. The smallest absolute Gasteiger partial charge is 0.270 e. The van der Waals surface area contributed by atoms with Crippen LogP contribution in [0, 0.1) is 18.3 Å². The first kappa shape index (κ1) is 28.4. The number of anilines is 1. The van der Waals surface area contributed by atoms with Gasteiger partial charge in [0, 0.05) is 44.8 Å². The molecular weight excluding hydrogens is 490 g/mol. The van der Waals surface area contributed by atoms with Crippen LogP contribution >= 0.6 is 24.0 Å². The van der Waals surface area contributed by atoms with Crippen LogP contribution in [0.1, 0.15) is 75.5 Å². The molecule has 1 aromatic heterocycles. The average molecular weight is 530 g/mol. The van der Waals surface area contributed by atoms with Crippen molar-refractivity contribution >= 4 is 46.1 Å². The van der Waals surface area contributed by atoms with Gasteiger partial charge in [-0.2, -0.15) is 5.26 Å². The number of nitrogens with zero attached hydrogens (tertiary/aromatic N) is 5. The Labute approximate surface area is 225 Å². The Hall–Kier alpha value is -2.15. The molecule has 0 bridgehead atoms. The summed E-state index contributed by atoms with van der Waals surface area (Å²) in [5.74, 6) is 0.747. The molecule has 2 aliphatic heterocycles. The molecule has 2 aliphatic rings. The Morgan fingerprint density at radius 1 is 1.00 bits per heavy atom. The average Bonchev–Trinajstić information content (AvgIpc) is 3.13. The highest BCUT2D eigenvalue weighted by Crippen LogP contribution is 2.36. The number of carbonyl (C=O) groups excluding carboxylic acids is 1. The number of unbranched alkanes of at least 4 members (excludes halogenated alkanes) is 5. The molecular formula is C27H39N5O2S2. The minimum atomic E-state index is -0.242. The van der Waals surface area contributed by atoms with Crippen LogP contribution in [0.25, 0.3) is 6.08 Å². The minimum Gasteiger partial charge on any atom is -0.355 e. The van der Waals surface area contributed by atoms with Gasteiger partial charge in [-0.3, -0.25) is 19.1 Å². The van der Waals surface area contributed by atoms with E-state index in [-0.39, 0.29) is 17.0 Å². The van der Waals surface area contributed by atoms with Gasteiger partial charge in [-0.25, -0.2) is 0 Å². The number of piperazine rings is 1. The van der Waals surface area contributed by atoms with E-state index < -0.39 is 0 Å². The van der Waals surface area contributed by atoms with Crippen molar-refractivity contribution in [1.29, 1.82) is 5.26 Å². The predicted molar refractivity (Wildman–Crippen MR) is 153 cm³/mol. The highest BCUT2D eigenvalue weighted by atomic mass is 32.2. The lowest BCUT2D eigenvalue weighted by Gasteiger charge is -2.36. The maximum absolute atomic E-state index is 13.4. The van der Waals surface area contributed by atoms with Crippen molar-refractivity contribution in [1.82, 2.24) is 14.4 Å². The standard InChI is InChI=1S/C27H39N5O2S2/c1-5-7-9-10-11-13-32-26(34)23(36-27(32)35)18-21-20(3)22(19-28)25(33)31(12-8-6-2)24(21)30-16-14-29(4)15-17-30/h18H,5-17H2,1-4H3. The second kappa shape index (κ2) is 13.4. The first-order chi connectivity index (χ1) is 17.3. The summed E-state index contributed by atoms with van der Waals surface area (Å²) in [6, 6.07) is 2.14. The first-order valence-corrected chi connectivity index (χ1v) is 14.4. The lowest BCUT2D eigenvalue weighted by atomic mass is 10.0. The van der Waals surface area contributed by atoms with E-state index in [4.69, 9.17) is 12.2 Å². The van der Waals surface area contributed by atoms with Gasteiger partial charge in [0.05, 0.1) is 4.91 Å². The fourth-order valence-corrected chi connectivity index (χ4v) is 6.01. The van der Waals surface area contributed by atoms with Crippen molar-refractivity contribution in [2.24, 2.45) is 0 Å². The molecule has 2 fully saturated rings. The van der Waals surface area contributed by atoms with E-state index in [1.165, 1.54) is 31.0 Å². The molecule has 1 amide bonds. The summed E-state index contributed by atoms with van der Waals surface area (Å²) in [4.78, 5) is 33.5. The van der Waals surface area contributed by atoms with E-state index >= 15 is 0 Å². The Balaban J connectivity index is 2.03. The normalized spacial score (nSPS) is 17.9. The molecule has 0 atom stereocenters. The van der Waals surface area contributed by atoms with Crippen LogP contribution in [0.2, 0.25) is 0 Å². The van der Waals surface area contributed by atoms with Crippen molar-refractivity contribution in [3.05, 3.63) is 31.9 Å². The summed E-state index contributed by atoms with van der Waals surface area (Å²) in [5, 5.41) is 9.86. The Morgan fingerprint density at radius 3 is 2.31 bits per heavy atom. The Morgan fingerprint density at radius 2 is 1.67 bits per heavy atom. The summed E-state index contributed by atoms with van der Waals surface area (Å²) in [6.07, 6.45) is 9.25. The molecule has 3 heterocycles. The van der Waals surface area contributed by atoms with E-state index in [9.17, 15) is 14.9 Å². The molecule has 0 saturated carbocycles. The number of likely N-dealkylation sites (N-methyl/N-ethyl adjacent to an activating group) is 1. The molecule has 0 aliphatic carbocycles. The molecule has 1 aromatic rings. The topological polar surface area (TPSA) is 72.6 Å². The van der Waals surface area contributed by atoms with Crippen LogP contribution in [0.4, 0.5) is 5.82 Å². The molecule has 196 valence electrons. The van der Waals surface area contributed by atoms with Gasteiger partial charge in [0.25, 0.3) is 11.5 Å². The van der Waals surface area contributed by atoms with E-state index in [0.717, 1.165) is 63.2 Å². The molecule has 0 spiro atoms. The second-order valence-electron chi connectivity index (χ2n) is 9.70. The Kier molecular flexibility index (Phi) is 10.6. The summed E-state index contributed by atoms with van der Waals surface area (Å²) in [5.41, 5.74) is 1.33. The van der Waals surface area contributed by atoms with Crippen molar-refractivity contribution in [3.63, 3.8) is 0 Å². The highest BCUT2D eigenvalue weighted by Gasteiger charge is 2.33. The number of hydrogen-bond donors (Lipinski definition) is 0. The van der Waals surface area contributed by atoms with Crippen LogP contribution in [0.3, 0.4) is 0 Å². The van der Waals surface area contributed by atoms with E-state index in [0.29, 0.717) is 27.9 Å². The number of carbonyl (C=O) groups is 1. The fourth-order valence-electron chi connectivity index (χ4n) is 4.72. The summed E-state index contributed by atoms with van der Waals surface area (Å²) < 4.78 is 2.35. The molecule has 0 radical (unpaired) electrons. The van der Waals surface area contributed by atoms with E-state index in [1.807, 2.05) is 13.0 Å². The Bertz CT molecular complexity index is 1100. The lowest BCUT2D eigenvalue weighted by Crippen LogP contribution is -2.47. The number of rotatable bonds is 11. The van der Waals surface area contributed by atoms with Crippen LogP contribution in [0.5, 0.6) is 0 Å². The molecule has 36 heavy (non-hydrogen) atoms. The van der Waals surface area contributed by atoms with Gasteiger partial charge in [0.15, 0.2) is 0 Å². The zero-order valence-corrected chi connectivity index (χ0v) is 23.8. The first-order valence-electron chi connectivity index (χ1n) is 13.2. The second-order valence-corrected chi connectivity index (χ2v) is 11.4. The van der Waals surface area contributed by atoms with Gasteiger partial charge in [0.2, 0.25) is 0 Å².